The zero-order valence-electron chi connectivity index (χ0n) is 16.5. The van der Waals surface area contributed by atoms with Crippen LogP contribution in [-0.2, 0) is 4.79 Å². The quantitative estimate of drug-likeness (QED) is 0.759. The number of hydrogen-bond donors (Lipinski definition) is 0. The molecular formula is C20H30N4O2. The first-order valence-corrected chi connectivity index (χ1v) is 9.17. The van der Waals surface area contributed by atoms with E-state index in [0.717, 1.165) is 25.7 Å². The van der Waals surface area contributed by atoms with Crippen LogP contribution < -0.4 is 0 Å². The summed E-state index contributed by atoms with van der Waals surface area (Å²) in [5.74, 6) is -0.102. The maximum absolute atomic E-state index is 12.9. The Balaban J connectivity index is 2.21. The van der Waals surface area contributed by atoms with Gasteiger partial charge < -0.3 is 14.7 Å². The summed E-state index contributed by atoms with van der Waals surface area (Å²) in [7, 11) is 7.41. The number of aromatic nitrogens is 1. The highest BCUT2D eigenvalue weighted by Gasteiger charge is 2.36. The van der Waals surface area contributed by atoms with Gasteiger partial charge in [-0.05, 0) is 31.9 Å². The van der Waals surface area contributed by atoms with Crippen LogP contribution in [0.25, 0.3) is 0 Å². The van der Waals surface area contributed by atoms with Crippen molar-refractivity contribution in [2.24, 2.45) is 0 Å². The van der Waals surface area contributed by atoms with E-state index in [9.17, 15) is 9.59 Å². The molecule has 1 aromatic rings. The van der Waals surface area contributed by atoms with E-state index in [-0.39, 0.29) is 23.9 Å². The Bertz CT molecular complexity index is 657. The van der Waals surface area contributed by atoms with Gasteiger partial charge in [0.2, 0.25) is 0 Å². The van der Waals surface area contributed by atoms with E-state index in [2.05, 4.69) is 4.98 Å². The molecule has 1 fully saturated rings. The second kappa shape index (κ2) is 8.83. The fourth-order valence-electron chi connectivity index (χ4n) is 3.72. The van der Waals surface area contributed by atoms with Crippen LogP contribution in [0.5, 0.6) is 0 Å². The molecule has 0 radical (unpaired) electrons. The summed E-state index contributed by atoms with van der Waals surface area (Å²) in [5.41, 5.74) is 1.10. The predicted octanol–water partition coefficient (Wildman–Crippen LogP) is 2.39. The number of carbonyl (C=O) groups is 2. The molecule has 0 aromatic carbocycles. The lowest BCUT2D eigenvalue weighted by atomic mass is 9.88. The summed E-state index contributed by atoms with van der Waals surface area (Å²) in [4.78, 5) is 35.3. The van der Waals surface area contributed by atoms with Crippen molar-refractivity contribution >= 4 is 11.8 Å². The van der Waals surface area contributed by atoms with Crippen molar-refractivity contribution in [3.63, 3.8) is 0 Å². The molecule has 0 spiro atoms. The molecule has 2 amide bonds. The largest absolute Gasteiger partial charge is 0.373 e. The van der Waals surface area contributed by atoms with Gasteiger partial charge in [0.15, 0.2) is 0 Å². The number of nitrogens with zero attached hydrogens (tertiary/aromatic N) is 4. The molecule has 142 valence electrons. The Morgan fingerprint density at radius 3 is 2.15 bits per heavy atom. The molecule has 1 unspecified atom stereocenters. The van der Waals surface area contributed by atoms with Gasteiger partial charge >= 0.3 is 0 Å². The second-order valence-electron chi connectivity index (χ2n) is 7.03. The number of pyridine rings is 1. The Labute approximate surface area is 156 Å². The average Bonchev–Trinajstić information content (AvgIpc) is 2.67. The molecule has 0 aliphatic heterocycles. The van der Waals surface area contributed by atoms with E-state index in [1.165, 1.54) is 0 Å². The predicted molar refractivity (Wildman–Crippen MR) is 103 cm³/mol. The highest BCUT2D eigenvalue weighted by Crippen LogP contribution is 2.28. The molecule has 2 atom stereocenters. The lowest BCUT2D eigenvalue weighted by Gasteiger charge is -2.42. The van der Waals surface area contributed by atoms with Crippen LogP contribution in [0.1, 0.15) is 43.1 Å². The van der Waals surface area contributed by atoms with Gasteiger partial charge in [-0.3, -0.25) is 14.6 Å². The summed E-state index contributed by atoms with van der Waals surface area (Å²) in [6.45, 7) is 1.87. The summed E-state index contributed by atoms with van der Waals surface area (Å²) in [6, 6.07) is 5.34. The van der Waals surface area contributed by atoms with Crippen molar-refractivity contribution in [2.45, 2.75) is 44.7 Å². The fourth-order valence-corrected chi connectivity index (χ4v) is 3.72. The summed E-state index contributed by atoms with van der Waals surface area (Å²) in [6.07, 6.45) is 7.39. The van der Waals surface area contributed by atoms with Crippen LogP contribution in [0.15, 0.2) is 36.2 Å². The highest BCUT2D eigenvalue weighted by atomic mass is 16.2. The molecule has 6 nitrogen and oxygen atoms in total. The number of carbonyl (C=O) groups excluding carboxylic acids is 2. The van der Waals surface area contributed by atoms with Gasteiger partial charge in [0, 0.05) is 34.4 Å². The third kappa shape index (κ3) is 4.23. The molecule has 1 aromatic heterocycles. The summed E-state index contributed by atoms with van der Waals surface area (Å²) in [5, 5.41) is 0. The molecule has 1 saturated carbocycles. The number of hydrogen-bond acceptors (Lipinski definition) is 4. The van der Waals surface area contributed by atoms with Crippen molar-refractivity contribution in [2.75, 3.05) is 28.2 Å². The second-order valence-corrected chi connectivity index (χ2v) is 7.03. The third-order valence-electron chi connectivity index (χ3n) is 5.19. The maximum Gasteiger partial charge on any atom is 0.272 e. The van der Waals surface area contributed by atoms with Gasteiger partial charge in [0.05, 0.1) is 17.8 Å². The number of rotatable bonds is 5. The fraction of sp³-hybridized carbons (Fsp3) is 0.550. The van der Waals surface area contributed by atoms with Crippen molar-refractivity contribution in [3.05, 3.63) is 41.9 Å². The van der Waals surface area contributed by atoms with Gasteiger partial charge in [0.1, 0.15) is 5.69 Å². The van der Waals surface area contributed by atoms with Crippen molar-refractivity contribution in [1.29, 1.82) is 0 Å². The zero-order chi connectivity index (χ0) is 19.3. The summed E-state index contributed by atoms with van der Waals surface area (Å²) >= 11 is 0. The standard InChI is InChI=1S/C20H30N4O2/c1-6-16(22(2)3)20(26)24(5)18-13-8-7-12-17(18)23(4)19(25)15-11-9-10-14-21-15/h6,9-11,14,17-18H,7-8,12-13H2,1-5H3/b16-6-/t17?,18-/m0/s1. The van der Waals surface area contributed by atoms with Crippen LogP contribution in [0.3, 0.4) is 0 Å². The minimum absolute atomic E-state index is 0.00353. The summed E-state index contributed by atoms with van der Waals surface area (Å²) < 4.78 is 0. The molecule has 0 bridgehead atoms. The first kappa shape index (κ1) is 19.9. The maximum atomic E-state index is 12.9. The molecule has 1 aliphatic rings. The minimum atomic E-state index is -0.0952. The molecule has 1 aliphatic carbocycles. The normalized spacial score (nSPS) is 20.4. The van der Waals surface area contributed by atoms with Crippen LogP contribution >= 0.6 is 0 Å². The van der Waals surface area contributed by atoms with Crippen molar-refractivity contribution in [1.82, 2.24) is 19.7 Å². The Hall–Kier alpha value is -2.37. The molecular weight excluding hydrogens is 328 g/mol. The molecule has 0 N–H and O–H groups in total. The Morgan fingerprint density at radius 1 is 1.04 bits per heavy atom. The van der Waals surface area contributed by atoms with E-state index in [1.807, 2.05) is 52.2 Å². The van der Waals surface area contributed by atoms with Crippen LogP contribution in [0.4, 0.5) is 0 Å². The molecule has 2 rings (SSSR count). The van der Waals surface area contributed by atoms with Gasteiger partial charge in [-0.25, -0.2) is 0 Å². The van der Waals surface area contributed by atoms with Gasteiger partial charge in [-0.2, -0.15) is 0 Å². The average molecular weight is 358 g/mol. The zero-order valence-corrected chi connectivity index (χ0v) is 16.5. The Kier molecular flexibility index (Phi) is 6.77. The van der Waals surface area contributed by atoms with Crippen molar-refractivity contribution in [3.8, 4) is 0 Å². The van der Waals surface area contributed by atoms with E-state index in [4.69, 9.17) is 0 Å². The van der Waals surface area contributed by atoms with Crippen LogP contribution in [-0.4, -0.2) is 71.8 Å². The molecule has 0 saturated heterocycles. The minimum Gasteiger partial charge on any atom is -0.373 e. The highest BCUT2D eigenvalue weighted by molar-refractivity contribution is 5.93. The van der Waals surface area contributed by atoms with Crippen molar-refractivity contribution < 1.29 is 9.59 Å². The van der Waals surface area contributed by atoms with E-state index < -0.39 is 0 Å². The number of allylic oxidation sites excluding steroid dienone is 1. The third-order valence-corrected chi connectivity index (χ3v) is 5.19. The number of likely N-dealkylation sites (N-methyl/N-ethyl adjacent to an activating group) is 3. The van der Waals surface area contributed by atoms with Gasteiger partial charge in [0.25, 0.3) is 11.8 Å². The first-order chi connectivity index (χ1) is 12.4. The van der Waals surface area contributed by atoms with Gasteiger partial charge in [-0.15, -0.1) is 0 Å². The SMILES string of the molecule is C/C=C(/C(=O)N(C)[C@H]1CCCCC1N(C)C(=O)c1ccccn1)N(C)C. The van der Waals surface area contributed by atoms with Crippen LogP contribution in [0.2, 0.25) is 0 Å². The van der Waals surface area contributed by atoms with Gasteiger partial charge in [-0.1, -0.05) is 25.0 Å². The Morgan fingerprint density at radius 2 is 1.65 bits per heavy atom. The lowest BCUT2D eigenvalue weighted by molar-refractivity contribution is -0.131. The van der Waals surface area contributed by atoms with E-state index in [0.29, 0.717) is 11.4 Å². The topological polar surface area (TPSA) is 56.8 Å². The number of amides is 2. The molecule has 26 heavy (non-hydrogen) atoms. The van der Waals surface area contributed by atoms with E-state index >= 15 is 0 Å². The molecule has 6 heteroatoms. The van der Waals surface area contributed by atoms with Crippen LogP contribution in [0, 0.1) is 0 Å². The monoisotopic (exact) mass is 358 g/mol. The smallest absolute Gasteiger partial charge is 0.272 e. The van der Waals surface area contributed by atoms with E-state index in [1.54, 1.807) is 28.1 Å². The first-order valence-electron chi connectivity index (χ1n) is 9.17. The lowest BCUT2D eigenvalue weighted by Crippen LogP contribution is -2.55. The molecule has 1 heterocycles.